The van der Waals surface area contributed by atoms with Crippen LogP contribution < -0.4 is 0 Å². The Kier molecular flexibility index (Phi) is 4.85. The Morgan fingerprint density at radius 2 is 1.64 bits per heavy atom. The molecule has 1 aromatic heterocycles. The van der Waals surface area contributed by atoms with Gasteiger partial charge in [0.2, 0.25) is 11.8 Å². The van der Waals surface area contributed by atoms with Gasteiger partial charge in [-0.05, 0) is 44.4 Å². The molecule has 0 aliphatic rings. The van der Waals surface area contributed by atoms with Gasteiger partial charge >= 0.3 is 0 Å². The van der Waals surface area contributed by atoms with Crippen LogP contribution in [0.3, 0.4) is 0 Å². The summed E-state index contributed by atoms with van der Waals surface area (Å²) in [7, 11) is 0. The summed E-state index contributed by atoms with van der Waals surface area (Å²) in [5.74, 6) is 2.80. The van der Waals surface area contributed by atoms with Gasteiger partial charge in [0.1, 0.15) is 0 Å². The Labute approximate surface area is 158 Å². The van der Waals surface area contributed by atoms with E-state index in [2.05, 4.69) is 68.6 Å². The van der Waals surface area contributed by atoms with Crippen molar-refractivity contribution in [1.29, 1.82) is 0 Å². The van der Waals surface area contributed by atoms with E-state index in [0.29, 0.717) is 17.5 Å². The van der Waals surface area contributed by atoms with Gasteiger partial charge in [-0.2, -0.15) is 0 Å². The number of halogens is 1. The lowest BCUT2D eigenvalue weighted by Crippen LogP contribution is -1.86. The monoisotopic (exact) mass is 410 g/mol. The second kappa shape index (κ2) is 7.42. The van der Waals surface area contributed by atoms with Crippen LogP contribution in [-0.2, 0) is 11.5 Å². The molecule has 124 valence electrons. The average molecular weight is 411 g/mol. The van der Waals surface area contributed by atoms with E-state index in [0.717, 1.165) is 15.8 Å². The molecule has 0 aliphatic carbocycles. The molecule has 0 saturated carbocycles. The molecule has 3 aromatic carbocycles. The normalized spacial score (nSPS) is 11.1. The standard InChI is InChI=1S/C20H15BrN2OS/c21-18-11-4-3-10-17(18)20-23-22-19(24-20)13-25-12-15-8-5-7-14-6-1-2-9-16(14)15/h1-11H,12-13H2. The predicted molar refractivity (Wildman–Crippen MR) is 106 cm³/mol. The molecular formula is C20H15BrN2OS. The molecule has 0 spiro atoms. The summed E-state index contributed by atoms with van der Waals surface area (Å²) in [5.41, 5.74) is 2.24. The second-order valence-corrected chi connectivity index (χ2v) is 7.45. The molecule has 0 fully saturated rings. The third-order valence-corrected chi connectivity index (χ3v) is 5.59. The Bertz CT molecular complexity index is 1010. The Balaban J connectivity index is 1.45. The van der Waals surface area contributed by atoms with Gasteiger partial charge in [0.15, 0.2) is 0 Å². The van der Waals surface area contributed by atoms with Gasteiger partial charge in [-0.25, -0.2) is 0 Å². The lowest BCUT2D eigenvalue weighted by atomic mass is 10.1. The Morgan fingerprint density at radius 3 is 2.56 bits per heavy atom. The fourth-order valence-electron chi connectivity index (χ4n) is 2.72. The van der Waals surface area contributed by atoms with Crippen molar-refractivity contribution in [3.8, 4) is 11.5 Å². The highest BCUT2D eigenvalue weighted by molar-refractivity contribution is 9.10. The number of fused-ring (bicyclic) bond motifs is 1. The van der Waals surface area contributed by atoms with Crippen molar-refractivity contribution < 1.29 is 4.42 Å². The van der Waals surface area contributed by atoms with Crippen molar-refractivity contribution in [2.45, 2.75) is 11.5 Å². The third-order valence-electron chi connectivity index (χ3n) is 3.93. The summed E-state index contributed by atoms with van der Waals surface area (Å²) >= 11 is 5.29. The molecule has 5 heteroatoms. The van der Waals surface area contributed by atoms with E-state index in [4.69, 9.17) is 4.42 Å². The van der Waals surface area contributed by atoms with Crippen LogP contribution in [0.1, 0.15) is 11.5 Å². The molecule has 4 aromatic rings. The van der Waals surface area contributed by atoms with Crippen LogP contribution >= 0.6 is 27.7 Å². The minimum atomic E-state index is 0.549. The van der Waals surface area contributed by atoms with Crippen LogP contribution in [0.15, 0.2) is 75.6 Å². The minimum Gasteiger partial charge on any atom is -0.420 e. The van der Waals surface area contributed by atoms with Crippen molar-refractivity contribution in [2.75, 3.05) is 0 Å². The van der Waals surface area contributed by atoms with Crippen molar-refractivity contribution in [1.82, 2.24) is 10.2 Å². The highest BCUT2D eigenvalue weighted by Gasteiger charge is 2.11. The fourth-order valence-corrected chi connectivity index (χ4v) is 4.04. The van der Waals surface area contributed by atoms with Crippen LogP contribution in [0.25, 0.3) is 22.2 Å². The van der Waals surface area contributed by atoms with Crippen molar-refractivity contribution >= 4 is 38.5 Å². The maximum Gasteiger partial charge on any atom is 0.248 e. The highest BCUT2D eigenvalue weighted by atomic mass is 79.9. The minimum absolute atomic E-state index is 0.549. The van der Waals surface area contributed by atoms with E-state index in [1.54, 1.807) is 11.8 Å². The Hall–Kier alpha value is -2.11. The van der Waals surface area contributed by atoms with Crippen LogP contribution in [0.4, 0.5) is 0 Å². The number of aromatic nitrogens is 2. The van der Waals surface area contributed by atoms with E-state index >= 15 is 0 Å². The molecule has 0 radical (unpaired) electrons. The molecule has 25 heavy (non-hydrogen) atoms. The molecule has 0 aliphatic heterocycles. The average Bonchev–Trinajstić information content (AvgIpc) is 3.11. The molecule has 0 N–H and O–H groups in total. The van der Waals surface area contributed by atoms with Crippen LogP contribution in [0.5, 0.6) is 0 Å². The first kappa shape index (κ1) is 16.4. The van der Waals surface area contributed by atoms with Crippen LogP contribution in [0.2, 0.25) is 0 Å². The van der Waals surface area contributed by atoms with E-state index in [-0.39, 0.29) is 0 Å². The number of hydrogen-bond donors (Lipinski definition) is 0. The number of thioether (sulfide) groups is 1. The summed E-state index contributed by atoms with van der Waals surface area (Å²) in [4.78, 5) is 0. The summed E-state index contributed by atoms with van der Waals surface area (Å²) in [6.07, 6.45) is 0. The third kappa shape index (κ3) is 3.62. The zero-order chi connectivity index (χ0) is 17.1. The number of hydrogen-bond acceptors (Lipinski definition) is 4. The van der Waals surface area contributed by atoms with E-state index in [9.17, 15) is 0 Å². The van der Waals surface area contributed by atoms with Crippen molar-refractivity contribution in [3.05, 3.63) is 82.7 Å². The lowest BCUT2D eigenvalue weighted by Gasteiger charge is -2.05. The quantitative estimate of drug-likeness (QED) is 0.399. The molecule has 0 bridgehead atoms. The van der Waals surface area contributed by atoms with E-state index in [1.165, 1.54) is 16.3 Å². The van der Waals surface area contributed by atoms with Crippen LogP contribution in [0, 0.1) is 0 Å². The second-order valence-electron chi connectivity index (χ2n) is 5.61. The lowest BCUT2D eigenvalue weighted by molar-refractivity contribution is 0.528. The molecule has 0 unspecified atom stereocenters. The molecule has 0 amide bonds. The van der Waals surface area contributed by atoms with E-state index in [1.807, 2.05) is 24.3 Å². The molecule has 0 saturated heterocycles. The first-order valence-corrected chi connectivity index (χ1v) is 9.88. The van der Waals surface area contributed by atoms with E-state index < -0.39 is 0 Å². The summed E-state index contributed by atoms with van der Waals surface area (Å²) in [6.45, 7) is 0. The molecule has 1 heterocycles. The zero-order valence-electron chi connectivity index (χ0n) is 13.4. The van der Waals surface area contributed by atoms with Crippen molar-refractivity contribution in [2.24, 2.45) is 0 Å². The summed E-state index contributed by atoms with van der Waals surface area (Å²) < 4.78 is 6.76. The number of nitrogens with zero attached hydrogens (tertiary/aromatic N) is 2. The van der Waals surface area contributed by atoms with Gasteiger partial charge in [-0.15, -0.1) is 22.0 Å². The van der Waals surface area contributed by atoms with Gasteiger partial charge in [-0.1, -0.05) is 54.6 Å². The van der Waals surface area contributed by atoms with Gasteiger partial charge in [-0.3, -0.25) is 0 Å². The summed E-state index contributed by atoms with van der Waals surface area (Å²) in [6, 6.07) is 22.7. The SMILES string of the molecule is Brc1ccccc1-c1nnc(CSCc2cccc3ccccc23)o1. The maximum atomic E-state index is 5.80. The maximum absolute atomic E-state index is 5.80. The fraction of sp³-hybridized carbons (Fsp3) is 0.100. The van der Waals surface area contributed by atoms with Crippen LogP contribution in [-0.4, -0.2) is 10.2 Å². The van der Waals surface area contributed by atoms with Gasteiger partial charge in [0.25, 0.3) is 0 Å². The Morgan fingerprint density at radius 1 is 0.840 bits per heavy atom. The zero-order valence-corrected chi connectivity index (χ0v) is 15.8. The number of rotatable bonds is 5. The van der Waals surface area contributed by atoms with Crippen molar-refractivity contribution in [3.63, 3.8) is 0 Å². The number of benzene rings is 3. The molecule has 4 rings (SSSR count). The van der Waals surface area contributed by atoms with Gasteiger partial charge in [0, 0.05) is 10.2 Å². The smallest absolute Gasteiger partial charge is 0.248 e. The van der Waals surface area contributed by atoms with Gasteiger partial charge in [0.05, 0.1) is 11.3 Å². The summed E-state index contributed by atoms with van der Waals surface area (Å²) in [5, 5.41) is 10.9. The molecule has 3 nitrogen and oxygen atoms in total. The predicted octanol–water partition coefficient (Wildman–Crippen LogP) is 6.09. The first-order chi connectivity index (χ1) is 12.3. The molecule has 0 atom stereocenters. The largest absolute Gasteiger partial charge is 0.420 e. The molecular weight excluding hydrogens is 396 g/mol. The highest BCUT2D eigenvalue weighted by Crippen LogP contribution is 2.28. The van der Waals surface area contributed by atoms with Gasteiger partial charge < -0.3 is 4.42 Å². The first-order valence-electron chi connectivity index (χ1n) is 7.93. The topological polar surface area (TPSA) is 38.9 Å².